The van der Waals surface area contributed by atoms with Crippen LogP contribution in [0.4, 0.5) is 0 Å². The zero-order chi connectivity index (χ0) is 11.6. The lowest BCUT2D eigenvalue weighted by Crippen LogP contribution is -2.13. The number of hydrogen-bond donors (Lipinski definition) is 1. The van der Waals surface area contributed by atoms with E-state index in [0.29, 0.717) is 6.10 Å². The highest BCUT2D eigenvalue weighted by molar-refractivity contribution is 5.14. The van der Waals surface area contributed by atoms with Crippen LogP contribution in [0.3, 0.4) is 0 Å². The molecule has 0 aliphatic rings. The summed E-state index contributed by atoms with van der Waals surface area (Å²) in [7, 11) is 1.80. The highest BCUT2D eigenvalue weighted by atomic mass is 16.5. The SMILES string of the molecule is COC(CCCN)CCCc1ccccc1. The number of ether oxygens (including phenoxy) is 1. The molecule has 0 radical (unpaired) electrons. The second kappa shape index (κ2) is 8.31. The molecule has 16 heavy (non-hydrogen) atoms. The van der Waals surface area contributed by atoms with E-state index in [1.165, 1.54) is 12.0 Å². The summed E-state index contributed by atoms with van der Waals surface area (Å²) in [5.41, 5.74) is 6.91. The van der Waals surface area contributed by atoms with Gasteiger partial charge in [0, 0.05) is 7.11 Å². The summed E-state index contributed by atoms with van der Waals surface area (Å²) < 4.78 is 5.43. The first-order valence-electron chi connectivity index (χ1n) is 6.13. The van der Waals surface area contributed by atoms with Crippen molar-refractivity contribution in [2.24, 2.45) is 5.73 Å². The quantitative estimate of drug-likeness (QED) is 0.732. The topological polar surface area (TPSA) is 35.2 Å². The number of nitrogens with two attached hydrogens (primary N) is 1. The van der Waals surface area contributed by atoms with Gasteiger partial charge in [-0.3, -0.25) is 0 Å². The molecule has 0 spiro atoms. The number of benzene rings is 1. The Kier molecular flexibility index (Phi) is 6.86. The summed E-state index contributed by atoms with van der Waals surface area (Å²) >= 11 is 0. The average Bonchev–Trinajstić information content (AvgIpc) is 2.35. The Bertz CT molecular complexity index is 261. The summed E-state index contributed by atoms with van der Waals surface area (Å²) in [6.07, 6.45) is 5.99. The first kappa shape index (κ1) is 13.2. The molecule has 1 unspecified atom stereocenters. The van der Waals surface area contributed by atoms with Gasteiger partial charge >= 0.3 is 0 Å². The minimum Gasteiger partial charge on any atom is -0.381 e. The summed E-state index contributed by atoms with van der Waals surface area (Å²) in [5.74, 6) is 0. The largest absolute Gasteiger partial charge is 0.381 e. The Labute approximate surface area is 98.8 Å². The maximum atomic E-state index is 5.50. The lowest BCUT2D eigenvalue weighted by molar-refractivity contribution is 0.0851. The molecule has 2 nitrogen and oxygen atoms in total. The fourth-order valence-corrected chi connectivity index (χ4v) is 1.90. The smallest absolute Gasteiger partial charge is 0.0572 e. The number of rotatable bonds is 8. The molecule has 0 saturated heterocycles. The van der Waals surface area contributed by atoms with Gasteiger partial charge < -0.3 is 10.5 Å². The standard InChI is InChI=1S/C14H23NO/c1-16-14(11-6-12-15)10-5-9-13-7-3-2-4-8-13/h2-4,7-8,14H,5-6,9-12,15H2,1H3. The van der Waals surface area contributed by atoms with E-state index < -0.39 is 0 Å². The molecule has 2 N–H and O–H groups in total. The van der Waals surface area contributed by atoms with Crippen LogP contribution >= 0.6 is 0 Å². The zero-order valence-corrected chi connectivity index (χ0v) is 10.2. The van der Waals surface area contributed by atoms with Crippen LogP contribution in [0, 0.1) is 0 Å². The molecule has 1 rings (SSSR count). The molecule has 0 amide bonds. The van der Waals surface area contributed by atoms with Crippen LogP contribution in [0.2, 0.25) is 0 Å². The summed E-state index contributed by atoms with van der Waals surface area (Å²) in [6.45, 7) is 0.762. The van der Waals surface area contributed by atoms with Crippen molar-refractivity contribution in [1.29, 1.82) is 0 Å². The van der Waals surface area contributed by atoms with Crippen LogP contribution in [0.5, 0.6) is 0 Å². The van der Waals surface area contributed by atoms with E-state index in [0.717, 1.165) is 32.2 Å². The summed E-state index contributed by atoms with van der Waals surface area (Å²) in [6, 6.07) is 10.6. The van der Waals surface area contributed by atoms with E-state index >= 15 is 0 Å². The van der Waals surface area contributed by atoms with Gasteiger partial charge in [-0.25, -0.2) is 0 Å². The fourth-order valence-electron chi connectivity index (χ4n) is 1.90. The van der Waals surface area contributed by atoms with Gasteiger partial charge in [-0.1, -0.05) is 30.3 Å². The van der Waals surface area contributed by atoms with Crippen LogP contribution in [0.1, 0.15) is 31.2 Å². The van der Waals surface area contributed by atoms with Gasteiger partial charge in [0.05, 0.1) is 6.10 Å². The first-order valence-corrected chi connectivity index (χ1v) is 6.13. The van der Waals surface area contributed by atoms with E-state index in [9.17, 15) is 0 Å². The van der Waals surface area contributed by atoms with Crippen LogP contribution in [-0.2, 0) is 11.2 Å². The molecule has 0 aromatic heterocycles. The number of hydrogen-bond acceptors (Lipinski definition) is 2. The average molecular weight is 221 g/mol. The minimum atomic E-state index is 0.382. The number of methoxy groups -OCH3 is 1. The van der Waals surface area contributed by atoms with Crippen LogP contribution in [0.25, 0.3) is 0 Å². The molecule has 0 saturated carbocycles. The van der Waals surface area contributed by atoms with Gasteiger partial charge in [0.2, 0.25) is 0 Å². The van der Waals surface area contributed by atoms with Crippen molar-refractivity contribution in [2.45, 2.75) is 38.2 Å². The highest BCUT2D eigenvalue weighted by Gasteiger charge is 2.06. The molecular weight excluding hydrogens is 198 g/mol. The van der Waals surface area contributed by atoms with E-state index in [4.69, 9.17) is 10.5 Å². The Morgan fingerprint density at radius 1 is 1.12 bits per heavy atom. The molecule has 1 aromatic carbocycles. The summed E-state index contributed by atoms with van der Waals surface area (Å²) in [4.78, 5) is 0. The third-order valence-electron chi connectivity index (χ3n) is 2.90. The normalized spacial score (nSPS) is 12.6. The molecule has 1 atom stereocenters. The molecule has 0 fully saturated rings. The summed E-state index contributed by atoms with van der Waals surface area (Å²) in [5, 5.41) is 0. The first-order chi connectivity index (χ1) is 7.86. The third-order valence-corrected chi connectivity index (χ3v) is 2.90. The van der Waals surface area contributed by atoms with Crippen molar-refractivity contribution in [3.63, 3.8) is 0 Å². The van der Waals surface area contributed by atoms with E-state index in [1.807, 2.05) is 0 Å². The van der Waals surface area contributed by atoms with Crippen molar-refractivity contribution < 1.29 is 4.74 Å². The minimum absolute atomic E-state index is 0.382. The van der Waals surface area contributed by atoms with Gasteiger partial charge in [0.15, 0.2) is 0 Å². The van der Waals surface area contributed by atoms with Crippen LogP contribution in [-0.4, -0.2) is 19.8 Å². The Hall–Kier alpha value is -0.860. The molecular formula is C14H23NO. The van der Waals surface area contributed by atoms with E-state index in [1.54, 1.807) is 7.11 Å². The van der Waals surface area contributed by atoms with Crippen LogP contribution in [0.15, 0.2) is 30.3 Å². The lowest BCUT2D eigenvalue weighted by Gasteiger charge is -2.14. The molecule has 90 valence electrons. The third kappa shape index (κ3) is 5.29. The predicted molar refractivity (Wildman–Crippen MR) is 68.5 cm³/mol. The maximum absolute atomic E-state index is 5.50. The molecule has 0 aliphatic carbocycles. The van der Waals surface area contributed by atoms with Crippen LogP contribution < -0.4 is 5.73 Å². The monoisotopic (exact) mass is 221 g/mol. The second-order valence-corrected chi connectivity index (χ2v) is 4.17. The second-order valence-electron chi connectivity index (χ2n) is 4.17. The molecule has 0 heterocycles. The lowest BCUT2D eigenvalue weighted by atomic mass is 10.0. The Morgan fingerprint density at radius 3 is 2.44 bits per heavy atom. The Morgan fingerprint density at radius 2 is 1.81 bits per heavy atom. The van der Waals surface area contributed by atoms with Crippen molar-refractivity contribution in [2.75, 3.05) is 13.7 Å². The van der Waals surface area contributed by atoms with Crippen molar-refractivity contribution in [1.82, 2.24) is 0 Å². The van der Waals surface area contributed by atoms with Gasteiger partial charge in [-0.2, -0.15) is 0 Å². The van der Waals surface area contributed by atoms with Crippen molar-refractivity contribution in [3.8, 4) is 0 Å². The van der Waals surface area contributed by atoms with Gasteiger partial charge in [0.25, 0.3) is 0 Å². The Balaban J connectivity index is 2.18. The molecule has 0 aliphatic heterocycles. The maximum Gasteiger partial charge on any atom is 0.0572 e. The van der Waals surface area contributed by atoms with Gasteiger partial charge in [-0.05, 0) is 44.2 Å². The van der Waals surface area contributed by atoms with Gasteiger partial charge in [-0.15, -0.1) is 0 Å². The van der Waals surface area contributed by atoms with Crippen molar-refractivity contribution >= 4 is 0 Å². The van der Waals surface area contributed by atoms with E-state index in [-0.39, 0.29) is 0 Å². The van der Waals surface area contributed by atoms with E-state index in [2.05, 4.69) is 30.3 Å². The molecule has 2 heteroatoms. The molecule has 0 bridgehead atoms. The van der Waals surface area contributed by atoms with Crippen molar-refractivity contribution in [3.05, 3.63) is 35.9 Å². The van der Waals surface area contributed by atoms with Gasteiger partial charge in [0.1, 0.15) is 0 Å². The molecule has 1 aromatic rings. The zero-order valence-electron chi connectivity index (χ0n) is 10.2. The predicted octanol–water partition coefficient (Wildman–Crippen LogP) is 2.76. The fraction of sp³-hybridized carbons (Fsp3) is 0.571. The number of aryl methyl sites for hydroxylation is 1. The highest BCUT2D eigenvalue weighted by Crippen LogP contribution is 2.11.